The van der Waals surface area contributed by atoms with Crippen LogP contribution in [0.2, 0.25) is 0 Å². The van der Waals surface area contributed by atoms with E-state index >= 15 is 0 Å². The largest absolute Gasteiger partial charge is 0.493 e. The molecule has 2 N–H and O–H groups in total. The van der Waals surface area contributed by atoms with Crippen LogP contribution in [0.1, 0.15) is 0 Å². The number of pyridine rings is 2. The van der Waals surface area contributed by atoms with E-state index in [0.717, 1.165) is 0 Å². The van der Waals surface area contributed by atoms with Crippen LogP contribution in [0.15, 0.2) is 67.1 Å². The smallest absolute Gasteiger partial charge is 0.236 e. The minimum atomic E-state index is 0.121. The minimum absolute atomic E-state index is 0.121. The molecule has 4 heterocycles. The fraction of sp³-hybridized carbons (Fsp3) is 0.0909. The van der Waals surface area contributed by atoms with Gasteiger partial charge < -0.3 is 19.9 Å². The first-order valence-corrected chi connectivity index (χ1v) is 9.47. The molecular formula is C22H18N6O3. The molecule has 0 radical (unpaired) electrons. The molecule has 154 valence electrons. The highest BCUT2D eigenvalue weighted by molar-refractivity contribution is 5.84. The topological polar surface area (TPSA) is 109 Å². The SMILES string of the molecule is COc1cc(N(c2nccc(N)n2)c2cccnc2-c2ccccn2)cc2c1OCO2. The van der Waals surface area contributed by atoms with E-state index in [1.54, 1.807) is 31.8 Å². The zero-order valence-corrected chi connectivity index (χ0v) is 16.6. The molecule has 0 saturated heterocycles. The standard InChI is InChI=1S/C22H18N6O3/c1-29-17-11-14(12-18-21(17)31-13-30-18)28(22-26-10-7-19(23)27-22)16-6-4-9-25-20(16)15-5-2-3-8-24-15/h2-12H,13H2,1H3,(H2,23,26,27). The zero-order valence-electron chi connectivity index (χ0n) is 16.6. The number of fused-ring (bicyclic) bond motifs is 1. The van der Waals surface area contributed by atoms with Gasteiger partial charge in [0.2, 0.25) is 18.5 Å². The van der Waals surface area contributed by atoms with E-state index in [4.69, 9.17) is 19.9 Å². The fourth-order valence-electron chi connectivity index (χ4n) is 3.35. The number of aromatic nitrogens is 4. The van der Waals surface area contributed by atoms with Crippen molar-refractivity contribution in [2.75, 3.05) is 24.5 Å². The van der Waals surface area contributed by atoms with Gasteiger partial charge in [0.1, 0.15) is 11.5 Å². The number of ether oxygens (including phenoxy) is 3. The lowest BCUT2D eigenvalue weighted by Gasteiger charge is -2.25. The Morgan fingerprint density at radius 3 is 2.68 bits per heavy atom. The minimum Gasteiger partial charge on any atom is -0.493 e. The number of methoxy groups -OCH3 is 1. The summed E-state index contributed by atoms with van der Waals surface area (Å²) in [6.07, 6.45) is 5.04. The van der Waals surface area contributed by atoms with Crippen molar-refractivity contribution >= 4 is 23.1 Å². The van der Waals surface area contributed by atoms with Gasteiger partial charge in [-0.3, -0.25) is 14.9 Å². The average molecular weight is 414 g/mol. The summed E-state index contributed by atoms with van der Waals surface area (Å²) in [4.78, 5) is 19.8. The Morgan fingerprint density at radius 1 is 0.968 bits per heavy atom. The second-order valence-electron chi connectivity index (χ2n) is 6.58. The van der Waals surface area contributed by atoms with E-state index in [1.165, 1.54) is 0 Å². The van der Waals surface area contributed by atoms with E-state index in [1.807, 2.05) is 47.4 Å². The van der Waals surface area contributed by atoms with Gasteiger partial charge in [-0.25, -0.2) is 4.98 Å². The zero-order chi connectivity index (χ0) is 21.2. The molecule has 1 aliphatic rings. The molecule has 0 amide bonds. The van der Waals surface area contributed by atoms with Crippen molar-refractivity contribution in [1.29, 1.82) is 0 Å². The second kappa shape index (κ2) is 7.79. The molecule has 0 atom stereocenters. The summed E-state index contributed by atoms with van der Waals surface area (Å²) in [7, 11) is 1.58. The van der Waals surface area contributed by atoms with Crippen molar-refractivity contribution in [3.63, 3.8) is 0 Å². The molecule has 0 bridgehead atoms. The van der Waals surface area contributed by atoms with Gasteiger partial charge in [0.15, 0.2) is 11.5 Å². The third-order valence-electron chi connectivity index (χ3n) is 4.70. The Bertz CT molecular complexity index is 1240. The van der Waals surface area contributed by atoms with Gasteiger partial charge in [-0.15, -0.1) is 0 Å². The van der Waals surface area contributed by atoms with Crippen LogP contribution >= 0.6 is 0 Å². The van der Waals surface area contributed by atoms with Gasteiger partial charge in [0, 0.05) is 30.7 Å². The first-order chi connectivity index (χ1) is 15.2. The fourth-order valence-corrected chi connectivity index (χ4v) is 3.35. The van der Waals surface area contributed by atoms with Gasteiger partial charge in [-0.05, 0) is 30.3 Å². The summed E-state index contributed by atoms with van der Waals surface area (Å²) in [5.41, 5.74) is 8.75. The molecule has 0 fully saturated rings. The van der Waals surface area contributed by atoms with E-state index < -0.39 is 0 Å². The van der Waals surface area contributed by atoms with Crippen LogP contribution in [-0.4, -0.2) is 33.8 Å². The molecule has 4 aromatic rings. The summed E-state index contributed by atoms with van der Waals surface area (Å²) in [6, 6.07) is 14.7. The Balaban J connectivity index is 1.75. The Kier molecular flexibility index (Phi) is 4.68. The number of anilines is 4. The summed E-state index contributed by atoms with van der Waals surface area (Å²) < 4.78 is 16.7. The third kappa shape index (κ3) is 3.42. The number of rotatable bonds is 5. The lowest BCUT2D eigenvalue weighted by Crippen LogP contribution is -2.15. The highest BCUT2D eigenvalue weighted by Gasteiger charge is 2.26. The molecule has 9 heteroatoms. The lowest BCUT2D eigenvalue weighted by molar-refractivity contribution is 0.171. The van der Waals surface area contributed by atoms with Gasteiger partial charge in [0.05, 0.1) is 24.2 Å². The van der Waals surface area contributed by atoms with Crippen molar-refractivity contribution in [2.24, 2.45) is 0 Å². The summed E-state index contributed by atoms with van der Waals surface area (Å²) in [6.45, 7) is 0.121. The maximum Gasteiger partial charge on any atom is 0.236 e. The lowest BCUT2D eigenvalue weighted by atomic mass is 10.1. The number of hydrogen-bond acceptors (Lipinski definition) is 9. The summed E-state index contributed by atoms with van der Waals surface area (Å²) in [5, 5.41) is 0. The quantitative estimate of drug-likeness (QED) is 0.522. The van der Waals surface area contributed by atoms with Gasteiger partial charge in [-0.2, -0.15) is 4.98 Å². The second-order valence-corrected chi connectivity index (χ2v) is 6.58. The molecule has 0 aliphatic carbocycles. The Labute approximate surface area is 178 Å². The predicted molar refractivity (Wildman–Crippen MR) is 115 cm³/mol. The Hall–Kier alpha value is -4.40. The van der Waals surface area contributed by atoms with Crippen LogP contribution < -0.4 is 24.8 Å². The van der Waals surface area contributed by atoms with E-state index in [2.05, 4.69) is 19.9 Å². The van der Waals surface area contributed by atoms with Crippen LogP contribution in [0.4, 0.5) is 23.1 Å². The first kappa shape index (κ1) is 18.6. The molecule has 1 aliphatic heterocycles. The maximum atomic E-state index is 5.97. The number of hydrogen-bond donors (Lipinski definition) is 1. The van der Waals surface area contributed by atoms with Crippen LogP contribution in [0.5, 0.6) is 17.2 Å². The van der Waals surface area contributed by atoms with Crippen LogP contribution in [0.3, 0.4) is 0 Å². The van der Waals surface area contributed by atoms with Gasteiger partial charge >= 0.3 is 0 Å². The third-order valence-corrected chi connectivity index (χ3v) is 4.70. The number of benzene rings is 1. The van der Waals surface area contributed by atoms with Crippen LogP contribution in [0, 0.1) is 0 Å². The molecule has 1 aromatic carbocycles. The average Bonchev–Trinajstić information content (AvgIpc) is 3.29. The maximum absolute atomic E-state index is 5.97. The molecule has 5 rings (SSSR count). The molecule has 0 saturated carbocycles. The molecule has 9 nitrogen and oxygen atoms in total. The monoisotopic (exact) mass is 414 g/mol. The molecule has 3 aromatic heterocycles. The van der Waals surface area contributed by atoms with Crippen molar-refractivity contribution < 1.29 is 14.2 Å². The Morgan fingerprint density at radius 2 is 1.87 bits per heavy atom. The van der Waals surface area contributed by atoms with E-state index in [0.29, 0.717) is 51.8 Å². The number of nitrogen functional groups attached to an aromatic ring is 1. The van der Waals surface area contributed by atoms with Crippen molar-refractivity contribution in [3.05, 3.63) is 67.1 Å². The van der Waals surface area contributed by atoms with Crippen LogP contribution in [0.25, 0.3) is 11.4 Å². The molecule has 0 spiro atoms. The number of nitrogens with zero attached hydrogens (tertiary/aromatic N) is 5. The molecule has 31 heavy (non-hydrogen) atoms. The van der Waals surface area contributed by atoms with E-state index in [-0.39, 0.29) is 6.79 Å². The number of nitrogens with two attached hydrogens (primary N) is 1. The van der Waals surface area contributed by atoms with Crippen molar-refractivity contribution in [3.8, 4) is 28.6 Å². The summed E-state index contributed by atoms with van der Waals surface area (Å²) in [5.74, 6) is 2.35. The highest BCUT2D eigenvalue weighted by atomic mass is 16.7. The molecule has 0 unspecified atom stereocenters. The highest BCUT2D eigenvalue weighted by Crippen LogP contribution is 2.47. The molecular weight excluding hydrogens is 396 g/mol. The summed E-state index contributed by atoms with van der Waals surface area (Å²) >= 11 is 0. The van der Waals surface area contributed by atoms with Crippen LogP contribution in [-0.2, 0) is 0 Å². The predicted octanol–water partition coefficient (Wildman–Crippen LogP) is 3.72. The first-order valence-electron chi connectivity index (χ1n) is 9.47. The van der Waals surface area contributed by atoms with Gasteiger partial charge in [-0.1, -0.05) is 6.07 Å². The van der Waals surface area contributed by atoms with Crippen molar-refractivity contribution in [1.82, 2.24) is 19.9 Å². The van der Waals surface area contributed by atoms with E-state index in [9.17, 15) is 0 Å². The van der Waals surface area contributed by atoms with Gasteiger partial charge in [0.25, 0.3) is 0 Å². The normalized spacial score (nSPS) is 11.9. The van der Waals surface area contributed by atoms with Crippen molar-refractivity contribution in [2.45, 2.75) is 0 Å².